The Kier molecular flexibility index (Phi) is 4.21. The summed E-state index contributed by atoms with van der Waals surface area (Å²) in [7, 11) is 1.72. The molecule has 1 aromatic rings. The molecule has 2 rings (SSSR count). The predicted molar refractivity (Wildman–Crippen MR) is 69.2 cm³/mol. The van der Waals surface area contributed by atoms with Crippen LogP contribution in [0.5, 0.6) is 0 Å². The fourth-order valence-electron chi connectivity index (χ4n) is 1.80. The predicted octanol–water partition coefficient (Wildman–Crippen LogP) is 0.342. The molecule has 0 saturated carbocycles. The molecule has 0 spiro atoms. The highest BCUT2D eigenvalue weighted by Crippen LogP contribution is 2.02. The Balaban J connectivity index is 2.13. The van der Waals surface area contributed by atoms with E-state index in [1.54, 1.807) is 0 Å². The van der Waals surface area contributed by atoms with E-state index in [-0.39, 0.29) is 7.12 Å². The summed E-state index contributed by atoms with van der Waals surface area (Å²) in [4.78, 5) is 2.18. The molecule has 0 amide bonds. The quantitative estimate of drug-likeness (QED) is 0.512. The zero-order chi connectivity index (χ0) is 12.1. The van der Waals surface area contributed by atoms with Crippen LogP contribution < -0.4 is 5.46 Å². The summed E-state index contributed by atoms with van der Waals surface area (Å²) < 4.78 is 11.4. The van der Waals surface area contributed by atoms with Crippen molar-refractivity contribution in [3.8, 4) is 12.3 Å². The van der Waals surface area contributed by atoms with Crippen LogP contribution in [0.4, 0.5) is 0 Å². The van der Waals surface area contributed by atoms with E-state index in [1.165, 1.54) is 0 Å². The minimum atomic E-state index is -0.337. The van der Waals surface area contributed by atoms with Gasteiger partial charge in [0.2, 0.25) is 0 Å². The lowest BCUT2D eigenvalue weighted by Crippen LogP contribution is -2.44. The fourth-order valence-corrected chi connectivity index (χ4v) is 1.80. The van der Waals surface area contributed by atoms with Crippen LogP contribution >= 0.6 is 0 Å². The van der Waals surface area contributed by atoms with Crippen molar-refractivity contribution in [2.45, 2.75) is 0 Å². The summed E-state index contributed by atoms with van der Waals surface area (Å²) >= 11 is 0. The molecule has 1 saturated heterocycles. The zero-order valence-electron chi connectivity index (χ0n) is 10.1. The van der Waals surface area contributed by atoms with Gasteiger partial charge in [0, 0.05) is 31.9 Å². The van der Waals surface area contributed by atoms with Crippen LogP contribution in [0.2, 0.25) is 0 Å². The first-order valence-electron chi connectivity index (χ1n) is 5.78. The van der Waals surface area contributed by atoms with Crippen molar-refractivity contribution >= 4 is 12.6 Å². The first-order chi connectivity index (χ1) is 8.31. The van der Waals surface area contributed by atoms with Crippen LogP contribution in [-0.4, -0.2) is 45.4 Å². The maximum Gasteiger partial charge on any atom is 0.495 e. The number of terminal acetylenes is 1. The van der Waals surface area contributed by atoms with Gasteiger partial charge in [0.1, 0.15) is 0 Å². The average molecular weight is 229 g/mol. The van der Waals surface area contributed by atoms with E-state index < -0.39 is 0 Å². The molecular formula is C13H16BNO2. The molecular weight excluding hydrogens is 213 g/mol. The largest absolute Gasteiger partial charge is 0.495 e. The second-order valence-electron chi connectivity index (χ2n) is 4.11. The summed E-state index contributed by atoms with van der Waals surface area (Å²) in [5.74, 6) is 2.67. The summed E-state index contributed by atoms with van der Waals surface area (Å²) in [5, 5.41) is 0. The van der Waals surface area contributed by atoms with Gasteiger partial charge in [-0.25, -0.2) is 0 Å². The van der Waals surface area contributed by atoms with E-state index in [4.69, 9.17) is 15.7 Å². The van der Waals surface area contributed by atoms with Crippen LogP contribution in [0.1, 0.15) is 5.56 Å². The van der Waals surface area contributed by atoms with Gasteiger partial charge in [-0.3, -0.25) is 0 Å². The summed E-state index contributed by atoms with van der Waals surface area (Å²) in [6.07, 6.45) is 5.48. The molecule has 1 aromatic carbocycles. The SMILES string of the molecule is C#Cc1ccccc1B1OCCN(C)CCO1. The number of rotatable bonds is 1. The summed E-state index contributed by atoms with van der Waals surface area (Å²) in [6.45, 7) is 3.14. The van der Waals surface area contributed by atoms with Gasteiger partial charge in [0.15, 0.2) is 0 Å². The lowest BCUT2D eigenvalue weighted by atomic mass is 9.75. The number of hydrogen-bond donors (Lipinski definition) is 0. The van der Waals surface area contributed by atoms with Crippen LogP contribution in [0, 0.1) is 12.3 Å². The van der Waals surface area contributed by atoms with Crippen molar-refractivity contribution < 1.29 is 9.31 Å². The lowest BCUT2D eigenvalue weighted by molar-refractivity contribution is 0.132. The van der Waals surface area contributed by atoms with E-state index in [2.05, 4.69) is 17.9 Å². The normalized spacial score (nSPS) is 18.2. The van der Waals surface area contributed by atoms with Crippen LogP contribution in [0.3, 0.4) is 0 Å². The van der Waals surface area contributed by atoms with Gasteiger partial charge >= 0.3 is 7.12 Å². The number of hydrogen-bond acceptors (Lipinski definition) is 3. The third kappa shape index (κ3) is 3.10. The van der Waals surface area contributed by atoms with Crippen LogP contribution in [0.25, 0.3) is 0 Å². The monoisotopic (exact) mass is 229 g/mol. The van der Waals surface area contributed by atoms with Gasteiger partial charge in [-0.2, -0.15) is 0 Å². The molecule has 0 bridgehead atoms. The second kappa shape index (κ2) is 5.88. The second-order valence-corrected chi connectivity index (χ2v) is 4.11. The van der Waals surface area contributed by atoms with Crippen molar-refractivity contribution in [3.05, 3.63) is 29.8 Å². The molecule has 88 valence electrons. The maximum absolute atomic E-state index is 5.72. The molecule has 1 aliphatic rings. The minimum absolute atomic E-state index is 0.337. The molecule has 17 heavy (non-hydrogen) atoms. The van der Waals surface area contributed by atoms with Gasteiger partial charge in [0.25, 0.3) is 0 Å². The van der Waals surface area contributed by atoms with Gasteiger partial charge in [-0.1, -0.05) is 24.1 Å². The van der Waals surface area contributed by atoms with E-state index in [0.29, 0.717) is 13.2 Å². The number of benzene rings is 1. The highest BCUT2D eigenvalue weighted by molar-refractivity contribution is 6.62. The van der Waals surface area contributed by atoms with Crippen LogP contribution in [-0.2, 0) is 9.31 Å². The van der Waals surface area contributed by atoms with E-state index >= 15 is 0 Å². The molecule has 0 radical (unpaired) electrons. The molecule has 0 N–H and O–H groups in total. The van der Waals surface area contributed by atoms with E-state index in [0.717, 1.165) is 24.1 Å². The fraction of sp³-hybridized carbons (Fsp3) is 0.385. The summed E-state index contributed by atoms with van der Waals surface area (Å²) in [6, 6.07) is 7.75. The highest BCUT2D eigenvalue weighted by Gasteiger charge is 2.25. The molecule has 1 fully saturated rings. The zero-order valence-corrected chi connectivity index (χ0v) is 10.1. The Bertz CT molecular complexity index is 406. The topological polar surface area (TPSA) is 21.7 Å². The van der Waals surface area contributed by atoms with Gasteiger partial charge in [-0.15, -0.1) is 6.42 Å². The Labute approximate surface area is 103 Å². The third-order valence-corrected chi connectivity index (χ3v) is 2.85. The van der Waals surface area contributed by atoms with E-state index in [9.17, 15) is 0 Å². The summed E-state index contributed by atoms with van der Waals surface area (Å²) in [5.41, 5.74) is 1.78. The highest BCUT2D eigenvalue weighted by atomic mass is 16.6. The molecule has 4 heteroatoms. The lowest BCUT2D eigenvalue weighted by Gasteiger charge is -2.24. The molecule has 0 aliphatic carbocycles. The Morgan fingerprint density at radius 1 is 1.24 bits per heavy atom. The van der Waals surface area contributed by atoms with Gasteiger partial charge in [0.05, 0.1) is 0 Å². The molecule has 0 unspecified atom stereocenters. The first kappa shape index (κ1) is 12.2. The van der Waals surface area contributed by atoms with Crippen LogP contribution in [0.15, 0.2) is 24.3 Å². The first-order valence-corrected chi connectivity index (χ1v) is 5.78. The minimum Gasteiger partial charge on any atom is -0.406 e. The molecule has 0 aromatic heterocycles. The maximum atomic E-state index is 5.72. The third-order valence-electron chi connectivity index (χ3n) is 2.85. The Morgan fingerprint density at radius 3 is 2.53 bits per heavy atom. The van der Waals surface area contributed by atoms with Gasteiger partial charge in [-0.05, 0) is 18.6 Å². The molecule has 0 atom stereocenters. The van der Waals surface area contributed by atoms with Crippen molar-refractivity contribution in [1.82, 2.24) is 4.90 Å². The number of nitrogens with zero attached hydrogens (tertiary/aromatic N) is 1. The Morgan fingerprint density at radius 2 is 1.88 bits per heavy atom. The van der Waals surface area contributed by atoms with Crippen molar-refractivity contribution in [3.63, 3.8) is 0 Å². The van der Waals surface area contributed by atoms with Gasteiger partial charge < -0.3 is 14.2 Å². The number of likely N-dealkylation sites (N-methyl/N-ethyl adjacent to an activating group) is 1. The molecule has 1 heterocycles. The molecule has 3 nitrogen and oxygen atoms in total. The average Bonchev–Trinajstić information content (AvgIpc) is 2.34. The van der Waals surface area contributed by atoms with Crippen molar-refractivity contribution in [1.29, 1.82) is 0 Å². The smallest absolute Gasteiger partial charge is 0.406 e. The van der Waals surface area contributed by atoms with Crippen molar-refractivity contribution in [2.75, 3.05) is 33.4 Å². The standard InChI is InChI=1S/C13H16BNO2/c1-3-12-6-4-5-7-13(12)14-16-10-8-15(2)9-11-17-14/h1,4-7H,8-11H2,2H3. The van der Waals surface area contributed by atoms with E-state index in [1.807, 2.05) is 24.3 Å². The Hall–Kier alpha value is -1.28. The van der Waals surface area contributed by atoms with Crippen molar-refractivity contribution in [2.24, 2.45) is 0 Å². The molecule has 1 aliphatic heterocycles.